The first-order valence-corrected chi connectivity index (χ1v) is 6.59. The molecular weight excluding hydrogens is 311 g/mol. The van der Waals surface area contributed by atoms with Gasteiger partial charge in [-0.3, -0.25) is 0 Å². The third-order valence-electron chi connectivity index (χ3n) is 2.42. The van der Waals surface area contributed by atoms with Crippen LogP contribution in [-0.2, 0) is 11.3 Å². The molecule has 8 heteroatoms. The lowest BCUT2D eigenvalue weighted by Gasteiger charge is -2.15. The summed E-state index contributed by atoms with van der Waals surface area (Å²) in [6.45, 7) is 1.41. The molecule has 120 valence electrons. The highest BCUT2D eigenvalue weighted by Crippen LogP contribution is 2.36. The molecule has 0 radical (unpaired) electrons. The van der Waals surface area contributed by atoms with E-state index in [9.17, 15) is 13.2 Å². The number of alkyl halides is 3. The fraction of sp³-hybridized carbons (Fsp3) is 0.538. The Kier molecular flexibility index (Phi) is 7.07. The summed E-state index contributed by atoms with van der Waals surface area (Å²) in [7, 11) is 1.42. The van der Waals surface area contributed by atoms with E-state index in [4.69, 9.17) is 21.1 Å². The van der Waals surface area contributed by atoms with Gasteiger partial charge >= 0.3 is 6.18 Å². The Morgan fingerprint density at radius 3 is 2.57 bits per heavy atom. The van der Waals surface area contributed by atoms with Crippen LogP contribution in [0.4, 0.5) is 13.2 Å². The topological polar surface area (TPSA) is 39.7 Å². The Labute approximate surface area is 126 Å². The smallest absolute Gasteiger partial charge is 0.411 e. The van der Waals surface area contributed by atoms with Crippen LogP contribution in [0.15, 0.2) is 12.1 Å². The van der Waals surface area contributed by atoms with Crippen molar-refractivity contribution in [3.05, 3.63) is 22.7 Å². The number of benzene rings is 1. The van der Waals surface area contributed by atoms with Crippen LogP contribution in [-0.4, -0.2) is 33.2 Å². The predicted octanol–water partition coefficient (Wildman–Crippen LogP) is 3.37. The van der Waals surface area contributed by atoms with Crippen LogP contribution in [0.25, 0.3) is 0 Å². The third-order valence-corrected chi connectivity index (χ3v) is 2.70. The summed E-state index contributed by atoms with van der Waals surface area (Å²) in [5, 5.41) is 3.37. The molecule has 0 aliphatic heterocycles. The van der Waals surface area contributed by atoms with Gasteiger partial charge in [-0.15, -0.1) is 0 Å². The molecule has 0 aromatic heterocycles. The molecule has 21 heavy (non-hydrogen) atoms. The molecule has 1 N–H and O–H groups in total. The van der Waals surface area contributed by atoms with Gasteiger partial charge in [0.05, 0.1) is 12.1 Å². The first-order chi connectivity index (χ1) is 9.87. The van der Waals surface area contributed by atoms with E-state index >= 15 is 0 Å². The molecule has 0 saturated heterocycles. The molecule has 1 aromatic carbocycles. The molecule has 0 aliphatic carbocycles. The molecule has 1 rings (SSSR count). The molecule has 4 nitrogen and oxygen atoms in total. The van der Waals surface area contributed by atoms with Crippen molar-refractivity contribution in [1.82, 2.24) is 5.32 Å². The van der Waals surface area contributed by atoms with Crippen molar-refractivity contribution in [2.45, 2.75) is 19.6 Å². The molecule has 0 atom stereocenters. The Hall–Kier alpha value is -1.18. The fourth-order valence-corrected chi connectivity index (χ4v) is 1.83. The lowest BCUT2D eigenvalue weighted by atomic mass is 10.2. The van der Waals surface area contributed by atoms with Crippen LogP contribution < -0.4 is 14.8 Å². The van der Waals surface area contributed by atoms with Gasteiger partial charge in [0.2, 0.25) is 0 Å². The van der Waals surface area contributed by atoms with Crippen molar-refractivity contribution >= 4 is 11.6 Å². The van der Waals surface area contributed by atoms with Crippen LogP contribution >= 0.6 is 11.6 Å². The number of ether oxygens (including phenoxy) is 3. The van der Waals surface area contributed by atoms with E-state index in [1.165, 1.54) is 7.11 Å². The summed E-state index contributed by atoms with van der Waals surface area (Å²) in [5.74, 6) is 0.493. The zero-order valence-corrected chi connectivity index (χ0v) is 12.5. The third kappa shape index (κ3) is 6.41. The number of rotatable bonds is 8. The number of hydrogen-bond acceptors (Lipinski definition) is 4. The number of methoxy groups -OCH3 is 1. The van der Waals surface area contributed by atoms with Crippen molar-refractivity contribution in [2.24, 2.45) is 0 Å². The van der Waals surface area contributed by atoms with Crippen molar-refractivity contribution < 1.29 is 27.4 Å². The number of halogens is 4. The van der Waals surface area contributed by atoms with Gasteiger partial charge in [-0.05, 0) is 24.2 Å². The molecule has 0 heterocycles. The van der Waals surface area contributed by atoms with Gasteiger partial charge in [0.15, 0.2) is 18.3 Å². The second-order valence-corrected chi connectivity index (χ2v) is 4.52. The summed E-state index contributed by atoms with van der Waals surface area (Å²) in [6.07, 6.45) is -4.40. The molecule has 0 bridgehead atoms. The normalized spacial score (nSPS) is 11.5. The molecule has 0 amide bonds. The van der Waals surface area contributed by atoms with E-state index in [1.807, 2.05) is 6.92 Å². The van der Waals surface area contributed by atoms with Gasteiger partial charge in [0.25, 0.3) is 0 Å². The molecule has 0 fully saturated rings. The summed E-state index contributed by atoms with van der Waals surface area (Å²) in [5.41, 5.74) is 0.877. The minimum atomic E-state index is -4.40. The van der Waals surface area contributed by atoms with Crippen molar-refractivity contribution in [2.75, 3.05) is 27.1 Å². The molecule has 0 saturated carbocycles. The largest absolute Gasteiger partial charge is 0.493 e. The average Bonchev–Trinajstić information content (AvgIpc) is 2.41. The van der Waals surface area contributed by atoms with Gasteiger partial charge in [-0.2, -0.15) is 13.2 Å². The Balaban J connectivity index is 2.68. The van der Waals surface area contributed by atoms with Gasteiger partial charge in [0.1, 0.15) is 6.61 Å². The van der Waals surface area contributed by atoms with E-state index in [0.717, 1.165) is 12.1 Å². The zero-order chi connectivity index (χ0) is 15.9. The summed E-state index contributed by atoms with van der Waals surface area (Å²) in [4.78, 5) is 0. The van der Waals surface area contributed by atoms with Gasteiger partial charge < -0.3 is 19.5 Å². The Morgan fingerprint density at radius 2 is 2.00 bits per heavy atom. The summed E-state index contributed by atoms with van der Waals surface area (Å²) in [6, 6.07) is 3.36. The van der Waals surface area contributed by atoms with Gasteiger partial charge in [-0.1, -0.05) is 18.5 Å². The first kappa shape index (κ1) is 17.9. The average molecular weight is 328 g/mol. The maximum Gasteiger partial charge on any atom is 0.411 e. The minimum Gasteiger partial charge on any atom is -0.493 e. The SMILES string of the molecule is CCNCc1cc(Cl)c(OCOCC(F)(F)F)c(OC)c1. The molecule has 1 aromatic rings. The maximum absolute atomic E-state index is 11.9. The van der Waals surface area contributed by atoms with Crippen LogP contribution in [0.2, 0.25) is 5.02 Å². The predicted molar refractivity (Wildman–Crippen MR) is 72.9 cm³/mol. The molecule has 0 aliphatic rings. The highest BCUT2D eigenvalue weighted by molar-refractivity contribution is 6.32. The van der Waals surface area contributed by atoms with Crippen LogP contribution in [0.1, 0.15) is 12.5 Å². The second kappa shape index (κ2) is 8.31. The second-order valence-electron chi connectivity index (χ2n) is 4.12. The van der Waals surface area contributed by atoms with Crippen molar-refractivity contribution in [1.29, 1.82) is 0 Å². The maximum atomic E-state index is 11.9. The van der Waals surface area contributed by atoms with E-state index in [1.54, 1.807) is 12.1 Å². The molecule has 0 unspecified atom stereocenters. The lowest BCUT2D eigenvalue weighted by Crippen LogP contribution is -2.19. The quantitative estimate of drug-likeness (QED) is 0.587. The molecular formula is C13H17ClF3NO3. The van der Waals surface area contributed by atoms with Crippen LogP contribution in [0, 0.1) is 0 Å². The summed E-state index contributed by atoms with van der Waals surface area (Å²) < 4.78 is 50.4. The lowest BCUT2D eigenvalue weighted by molar-refractivity contribution is -0.186. The highest BCUT2D eigenvalue weighted by atomic mass is 35.5. The monoisotopic (exact) mass is 327 g/mol. The fourth-order valence-electron chi connectivity index (χ4n) is 1.54. The van der Waals surface area contributed by atoms with E-state index in [2.05, 4.69) is 10.1 Å². The van der Waals surface area contributed by atoms with Gasteiger partial charge in [0, 0.05) is 6.54 Å². The first-order valence-electron chi connectivity index (χ1n) is 6.21. The number of nitrogens with one attached hydrogen (secondary N) is 1. The summed E-state index contributed by atoms with van der Waals surface area (Å²) >= 11 is 6.05. The van der Waals surface area contributed by atoms with Crippen molar-refractivity contribution in [3.8, 4) is 11.5 Å². The standard InChI is InChI=1S/C13H17ClF3NO3/c1-3-18-6-9-4-10(14)12(11(5-9)19-2)21-8-20-7-13(15,16)17/h4-5,18H,3,6-8H2,1-2H3. The van der Waals surface area contributed by atoms with E-state index in [0.29, 0.717) is 12.3 Å². The molecule has 0 spiro atoms. The van der Waals surface area contributed by atoms with Crippen LogP contribution in [0.3, 0.4) is 0 Å². The van der Waals surface area contributed by atoms with E-state index < -0.39 is 19.6 Å². The van der Waals surface area contributed by atoms with Crippen LogP contribution in [0.5, 0.6) is 11.5 Å². The Bertz CT molecular complexity index is 455. The highest BCUT2D eigenvalue weighted by Gasteiger charge is 2.27. The van der Waals surface area contributed by atoms with Crippen molar-refractivity contribution in [3.63, 3.8) is 0 Å². The van der Waals surface area contributed by atoms with E-state index in [-0.39, 0.29) is 10.8 Å². The van der Waals surface area contributed by atoms with Gasteiger partial charge in [-0.25, -0.2) is 0 Å². The number of hydrogen-bond donors (Lipinski definition) is 1. The Morgan fingerprint density at radius 1 is 1.29 bits per heavy atom. The zero-order valence-electron chi connectivity index (χ0n) is 11.7. The minimum absolute atomic E-state index is 0.154.